The highest BCUT2D eigenvalue weighted by molar-refractivity contribution is 4.92. The van der Waals surface area contributed by atoms with Crippen molar-refractivity contribution in [2.45, 2.75) is 52.6 Å². The predicted octanol–water partition coefficient (Wildman–Crippen LogP) is 2.12. The van der Waals surface area contributed by atoms with Crippen molar-refractivity contribution in [1.29, 1.82) is 0 Å². The second-order valence-electron chi connectivity index (χ2n) is 6.08. The van der Waals surface area contributed by atoms with Crippen LogP contribution >= 0.6 is 0 Å². The van der Waals surface area contributed by atoms with Gasteiger partial charge < -0.3 is 10.1 Å². The maximum atomic E-state index is 5.69. The molecular formula is C14H30N2O. The van der Waals surface area contributed by atoms with Gasteiger partial charge in [-0.15, -0.1) is 0 Å². The molecule has 1 aliphatic heterocycles. The Hall–Kier alpha value is -0.120. The predicted molar refractivity (Wildman–Crippen MR) is 73.4 cm³/mol. The smallest absolute Gasteiger partial charge is 0.0593 e. The van der Waals surface area contributed by atoms with Crippen molar-refractivity contribution in [3.05, 3.63) is 0 Å². The quantitative estimate of drug-likeness (QED) is 0.722. The van der Waals surface area contributed by atoms with Crippen molar-refractivity contribution in [3.63, 3.8) is 0 Å². The Balaban J connectivity index is 2.30. The van der Waals surface area contributed by atoms with Crippen LogP contribution in [-0.4, -0.2) is 49.3 Å². The Morgan fingerprint density at radius 1 is 1.47 bits per heavy atom. The SMILES string of the molecule is CCC1(C)CN(CCOCC(C)C)C(C)CN1. The maximum Gasteiger partial charge on any atom is 0.0593 e. The molecule has 0 radical (unpaired) electrons. The van der Waals surface area contributed by atoms with Crippen LogP contribution < -0.4 is 5.32 Å². The van der Waals surface area contributed by atoms with E-state index in [1.807, 2.05) is 0 Å². The number of nitrogens with one attached hydrogen (secondary N) is 1. The lowest BCUT2D eigenvalue weighted by molar-refractivity contribution is 0.0419. The lowest BCUT2D eigenvalue weighted by atomic mass is 9.94. The van der Waals surface area contributed by atoms with Gasteiger partial charge in [-0.3, -0.25) is 4.90 Å². The summed E-state index contributed by atoms with van der Waals surface area (Å²) in [5.74, 6) is 0.636. The molecule has 0 amide bonds. The molecule has 0 aromatic rings. The molecule has 0 aromatic carbocycles. The first kappa shape index (κ1) is 14.9. The molecule has 0 spiro atoms. The first-order valence-electron chi connectivity index (χ1n) is 7.03. The summed E-state index contributed by atoms with van der Waals surface area (Å²) in [4.78, 5) is 2.56. The summed E-state index contributed by atoms with van der Waals surface area (Å²) >= 11 is 0. The van der Waals surface area contributed by atoms with Crippen molar-refractivity contribution < 1.29 is 4.74 Å². The molecule has 102 valence electrons. The molecule has 1 rings (SSSR count). The molecule has 0 bridgehead atoms. The third kappa shape index (κ3) is 4.94. The fourth-order valence-electron chi connectivity index (χ4n) is 2.22. The minimum Gasteiger partial charge on any atom is -0.380 e. The lowest BCUT2D eigenvalue weighted by Gasteiger charge is -2.45. The van der Waals surface area contributed by atoms with Gasteiger partial charge in [-0.25, -0.2) is 0 Å². The van der Waals surface area contributed by atoms with Crippen LogP contribution in [0.3, 0.4) is 0 Å². The first-order chi connectivity index (χ1) is 7.97. The maximum absolute atomic E-state index is 5.69. The van der Waals surface area contributed by atoms with Gasteiger partial charge in [0.15, 0.2) is 0 Å². The zero-order valence-electron chi connectivity index (χ0n) is 12.3. The minimum atomic E-state index is 0.282. The van der Waals surface area contributed by atoms with E-state index in [2.05, 4.69) is 44.8 Å². The Morgan fingerprint density at radius 2 is 2.18 bits per heavy atom. The fraction of sp³-hybridized carbons (Fsp3) is 1.00. The number of hydrogen-bond donors (Lipinski definition) is 1. The second kappa shape index (κ2) is 6.72. The van der Waals surface area contributed by atoms with E-state index < -0.39 is 0 Å². The summed E-state index contributed by atoms with van der Waals surface area (Å²) < 4.78 is 5.69. The molecule has 2 atom stereocenters. The van der Waals surface area contributed by atoms with E-state index in [9.17, 15) is 0 Å². The van der Waals surface area contributed by atoms with Gasteiger partial charge >= 0.3 is 0 Å². The topological polar surface area (TPSA) is 24.5 Å². The van der Waals surface area contributed by atoms with E-state index in [0.29, 0.717) is 12.0 Å². The van der Waals surface area contributed by atoms with Crippen molar-refractivity contribution in [1.82, 2.24) is 10.2 Å². The van der Waals surface area contributed by atoms with Crippen LogP contribution in [0, 0.1) is 5.92 Å². The number of nitrogens with zero attached hydrogens (tertiary/aromatic N) is 1. The van der Waals surface area contributed by atoms with Crippen LogP contribution in [0.15, 0.2) is 0 Å². The van der Waals surface area contributed by atoms with Crippen LogP contribution in [0.25, 0.3) is 0 Å². The summed E-state index contributed by atoms with van der Waals surface area (Å²) in [6, 6.07) is 0.622. The van der Waals surface area contributed by atoms with E-state index in [1.54, 1.807) is 0 Å². The van der Waals surface area contributed by atoms with E-state index in [4.69, 9.17) is 4.74 Å². The van der Waals surface area contributed by atoms with Gasteiger partial charge in [0.25, 0.3) is 0 Å². The van der Waals surface area contributed by atoms with Gasteiger partial charge in [-0.1, -0.05) is 20.8 Å². The summed E-state index contributed by atoms with van der Waals surface area (Å²) in [6.07, 6.45) is 1.18. The number of ether oxygens (including phenoxy) is 1. The average Bonchev–Trinajstić information content (AvgIpc) is 2.29. The molecule has 17 heavy (non-hydrogen) atoms. The molecule has 0 saturated carbocycles. The van der Waals surface area contributed by atoms with Crippen LogP contribution in [-0.2, 0) is 4.74 Å². The monoisotopic (exact) mass is 242 g/mol. The molecule has 1 saturated heterocycles. The Morgan fingerprint density at radius 3 is 2.76 bits per heavy atom. The van der Waals surface area contributed by atoms with E-state index in [-0.39, 0.29) is 5.54 Å². The minimum absolute atomic E-state index is 0.282. The number of hydrogen-bond acceptors (Lipinski definition) is 3. The van der Waals surface area contributed by atoms with Gasteiger partial charge in [0.05, 0.1) is 6.61 Å². The first-order valence-corrected chi connectivity index (χ1v) is 7.03. The lowest BCUT2D eigenvalue weighted by Crippen LogP contribution is -2.62. The van der Waals surface area contributed by atoms with Gasteiger partial charge in [-0.2, -0.15) is 0 Å². The van der Waals surface area contributed by atoms with Crippen molar-refractivity contribution in [2.24, 2.45) is 5.92 Å². The second-order valence-corrected chi connectivity index (χ2v) is 6.08. The fourth-order valence-corrected chi connectivity index (χ4v) is 2.22. The van der Waals surface area contributed by atoms with Crippen molar-refractivity contribution in [2.75, 3.05) is 32.8 Å². The Bertz CT molecular complexity index is 220. The molecule has 0 aromatic heterocycles. The Labute approximate surface area is 107 Å². The Kier molecular flexibility index (Phi) is 5.90. The standard InChI is InChI=1S/C14H30N2O/c1-6-14(5)11-16(13(4)9-15-14)7-8-17-10-12(2)3/h12-13,15H,6-11H2,1-5H3. The highest BCUT2D eigenvalue weighted by atomic mass is 16.5. The van der Waals surface area contributed by atoms with Crippen LogP contribution in [0.5, 0.6) is 0 Å². The largest absolute Gasteiger partial charge is 0.380 e. The van der Waals surface area contributed by atoms with E-state index in [0.717, 1.165) is 32.8 Å². The molecular weight excluding hydrogens is 212 g/mol. The van der Waals surface area contributed by atoms with E-state index in [1.165, 1.54) is 6.42 Å². The summed E-state index contributed by atoms with van der Waals surface area (Å²) in [6.45, 7) is 16.3. The van der Waals surface area contributed by atoms with Gasteiger partial charge in [0.2, 0.25) is 0 Å². The van der Waals surface area contributed by atoms with Gasteiger partial charge in [0, 0.05) is 37.8 Å². The van der Waals surface area contributed by atoms with Crippen LogP contribution in [0.4, 0.5) is 0 Å². The normalized spacial score (nSPS) is 31.1. The molecule has 3 nitrogen and oxygen atoms in total. The van der Waals surface area contributed by atoms with Crippen LogP contribution in [0.2, 0.25) is 0 Å². The number of piperazine rings is 1. The van der Waals surface area contributed by atoms with Crippen molar-refractivity contribution in [3.8, 4) is 0 Å². The summed E-state index contributed by atoms with van der Waals surface area (Å²) in [5.41, 5.74) is 0.282. The highest BCUT2D eigenvalue weighted by Gasteiger charge is 2.32. The van der Waals surface area contributed by atoms with Gasteiger partial charge in [0.1, 0.15) is 0 Å². The molecule has 1 aliphatic rings. The van der Waals surface area contributed by atoms with E-state index >= 15 is 0 Å². The molecule has 0 aliphatic carbocycles. The van der Waals surface area contributed by atoms with Crippen LogP contribution in [0.1, 0.15) is 41.0 Å². The summed E-state index contributed by atoms with van der Waals surface area (Å²) in [7, 11) is 0. The highest BCUT2D eigenvalue weighted by Crippen LogP contribution is 2.18. The zero-order valence-corrected chi connectivity index (χ0v) is 12.3. The zero-order chi connectivity index (χ0) is 12.9. The third-order valence-electron chi connectivity index (χ3n) is 3.75. The molecule has 1 N–H and O–H groups in total. The summed E-state index contributed by atoms with van der Waals surface area (Å²) in [5, 5.41) is 3.65. The molecule has 3 heteroatoms. The molecule has 1 heterocycles. The number of rotatable bonds is 6. The molecule has 1 fully saturated rings. The average molecular weight is 242 g/mol. The molecule has 2 unspecified atom stereocenters. The van der Waals surface area contributed by atoms with Crippen molar-refractivity contribution >= 4 is 0 Å². The third-order valence-corrected chi connectivity index (χ3v) is 3.75. The van der Waals surface area contributed by atoms with Gasteiger partial charge in [-0.05, 0) is 26.2 Å².